The molecule has 19 heavy (non-hydrogen) atoms. The van der Waals surface area contributed by atoms with Crippen LogP contribution in [0.25, 0.3) is 0 Å². The van der Waals surface area contributed by atoms with Crippen LogP contribution in [-0.4, -0.2) is 21.8 Å². The van der Waals surface area contributed by atoms with E-state index in [2.05, 4.69) is 4.40 Å². The van der Waals surface area contributed by atoms with Gasteiger partial charge in [-0.2, -0.15) is 4.40 Å². The Balaban J connectivity index is 2.45. The molecule has 0 heterocycles. The van der Waals surface area contributed by atoms with E-state index in [1.54, 1.807) is 0 Å². The van der Waals surface area contributed by atoms with E-state index in [1.165, 1.54) is 19.2 Å². The fourth-order valence-corrected chi connectivity index (χ4v) is 2.68. The van der Waals surface area contributed by atoms with Crippen LogP contribution in [0, 0.1) is 5.82 Å². The summed E-state index contributed by atoms with van der Waals surface area (Å²) < 4.78 is 34.7. The van der Waals surface area contributed by atoms with Gasteiger partial charge >= 0.3 is 0 Å². The zero-order valence-electron chi connectivity index (χ0n) is 11.6. The molecule has 1 aromatic rings. The summed E-state index contributed by atoms with van der Waals surface area (Å²) >= 11 is 0. The van der Waals surface area contributed by atoms with Crippen LogP contribution in [0.2, 0.25) is 0 Å². The number of nitrogens with zero attached hydrogens (tertiary/aromatic N) is 1. The van der Waals surface area contributed by atoms with Gasteiger partial charge < -0.3 is 4.74 Å². The molecule has 104 valence electrons. The summed E-state index contributed by atoms with van der Waals surface area (Å²) in [6.45, 7) is 5.61. The topological polar surface area (TPSA) is 38.7 Å². The van der Waals surface area contributed by atoms with E-state index in [9.17, 15) is 8.60 Å². The Hall–Kier alpha value is -1.23. The van der Waals surface area contributed by atoms with E-state index < -0.39 is 15.7 Å². The maximum Gasteiger partial charge on any atom is 0.145 e. The van der Waals surface area contributed by atoms with Crippen molar-refractivity contribution in [3.05, 3.63) is 29.1 Å². The van der Waals surface area contributed by atoms with Crippen LogP contribution in [-0.2, 0) is 17.4 Å². The molecule has 2 rings (SSSR count). The minimum Gasteiger partial charge on any atom is -0.496 e. The number of fused-ring (bicyclic) bond motifs is 1. The fraction of sp³-hybridized carbons (Fsp3) is 0.500. The predicted molar refractivity (Wildman–Crippen MR) is 75.7 cm³/mol. The smallest absolute Gasteiger partial charge is 0.145 e. The number of benzene rings is 1. The first-order valence-electron chi connectivity index (χ1n) is 6.19. The quantitative estimate of drug-likeness (QED) is 0.837. The summed E-state index contributed by atoms with van der Waals surface area (Å²) in [5.74, 6) is 0.188. The summed E-state index contributed by atoms with van der Waals surface area (Å²) in [5, 5.41) is 0. The van der Waals surface area contributed by atoms with Crippen LogP contribution in [0.4, 0.5) is 4.39 Å². The Morgan fingerprint density at radius 1 is 1.32 bits per heavy atom. The minimum absolute atomic E-state index is 0.355. The van der Waals surface area contributed by atoms with E-state index in [0.717, 1.165) is 17.5 Å². The van der Waals surface area contributed by atoms with Gasteiger partial charge in [0.25, 0.3) is 0 Å². The molecule has 1 atom stereocenters. The van der Waals surface area contributed by atoms with Crippen molar-refractivity contribution in [1.82, 2.24) is 0 Å². The molecule has 0 saturated heterocycles. The first kappa shape index (κ1) is 14.2. The SMILES string of the molecule is COc1cc(F)cc2c1CCC2=NS(=O)C(C)(C)C. The standard InChI is InChI=1S/C14H18FNO2S/c1-14(2,3)19(17)16-12-6-5-10-11(12)7-9(15)8-13(10)18-4/h7-8H,5-6H2,1-4H3. The lowest BCUT2D eigenvalue weighted by atomic mass is 10.1. The summed E-state index contributed by atoms with van der Waals surface area (Å²) in [6, 6.07) is 2.83. The van der Waals surface area contributed by atoms with Gasteiger partial charge in [0.2, 0.25) is 0 Å². The summed E-state index contributed by atoms with van der Waals surface area (Å²) in [4.78, 5) is 0. The highest BCUT2D eigenvalue weighted by Gasteiger charge is 2.26. The monoisotopic (exact) mass is 283 g/mol. The molecule has 0 bridgehead atoms. The van der Waals surface area contributed by atoms with Crippen molar-refractivity contribution in [3.8, 4) is 5.75 Å². The molecule has 1 aliphatic carbocycles. The molecule has 3 nitrogen and oxygen atoms in total. The van der Waals surface area contributed by atoms with Crippen molar-refractivity contribution >= 4 is 16.7 Å². The van der Waals surface area contributed by atoms with Crippen LogP contribution >= 0.6 is 0 Å². The molecule has 5 heteroatoms. The second kappa shape index (κ2) is 5.04. The molecule has 0 radical (unpaired) electrons. The number of halogens is 1. The van der Waals surface area contributed by atoms with Crippen LogP contribution < -0.4 is 4.74 Å². The molecule has 0 N–H and O–H groups in total. The maximum atomic E-state index is 13.5. The van der Waals surface area contributed by atoms with E-state index >= 15 is 0 Å². The van der Waals surface area contributed by atoms with Crippen molar-refractivity contribution < 1.29 is 13.3 Å². The van der Waals surface area contributed by atoms with Crippen molar-refractivity contribution in [2.24, 2.45) is 4.40 Å². The van der Waals surface area contributed by atoms with Gasteiger partial charge in [-0.25, -0.2) is 8.60 Å². The molecule has 1 aromatic carbocycles. The summed E-state index contributed by atoms with van der Waals surface area (Å²) in [6.07, 6.45) is 1.43. The second-order valence-corrected chi connectivity index (χ2v) is 7.44. The van der Waals surface area contributed by atoms with E-state index in [0.29, 0.717) is 17.9 Å². The van der Waals surface area contributed by atoms with Crippen molar-refractivity contribution in [3.63, 3.8) is 0 Å². The van der Waals surface area contributed by atoms with Gasteiger partial charge in [0.05, 0.1) is 17.6 Å². The molecule has 0 aromatic heterocycles. The van der Waals surface area contributed by atoms with Crippen LogP contribution in [0.3, 0.4) is 0 Å². The normalized spacial score (nSPS) is 18.5. The minimum atomic E-state index is -1.32. The Morgan fingerprint density at radius 2 is 2.00 bits per heavy atom. The van der Waals surface area contributed by atoms with Crippen LogP contribution in [0.5, 0.6) is 5.75 Å². The zero-order chi connectivity index (χ0) is 14.2. The third kappa shape index (κ3) is 2.86. The molecule has 1 unspecified atom stereocenters. The number of methoxy groups -OCH3 is 1. The van der Waals surface area contributed by atoms with Gasteiger partial charge in [0, 0.05) is 17.2 Å². The van der Waals surface area contributed by atoms with Gasteiger partial charge in [-0.1, -0.05) is 0 Å². The Labute approximate surface area is 115 Å². The molecule has 1 aliphatic rings. The summed E-state index contributed by atoms with van der Waals surface area (Å²) in [5.41, 5.74) is 2.39. The van der Waals surface area contributed by atoms with Gasteiger partial charge in [0.1, 0.15) is 22.6 Å². The number of hydrogen-bond donors (Lipinski definition) is 0. The third-order valence-electron chi connectivity index (χ3n) is 3.03. The highest BCUT2D eigenvalue weighted by molar-refractivity contribution is 7.85. The maximum absolute atomic E-state index is 13.5. The van der Waals surface area contributed by atoms with E-state index in [1.807, 2.05) is 20.8 Å². The molecule has 0 amide bonds. The average Bonchev–Trinajstić information content (AvgIpc) is 2.70. The van der Waals surface area contributed by atoms with Gasteiger partial charge in [-0.15, -0.1) is 0 Å². The lowest BCUT2D eigenvalue weighted by molar-refractivity contribution is 0.407. The molecular formula is C14H18FNO2S. The Morgan fingerprint density at radius 3 is 2.58 bits per heavy atom. The third-order valence-corrected chi connectivity index (χ3v) is 4.47. The van der Waals surface area contributed by atoms with Crippen molar-refractivity contribution in [1.29, 1.82) is 0 Å². The van der Waals surface area contributed by atoms with Gasteiger partial charge in [0.15, 0.2) is 0 Å². The highest BCUT2D eigenvalue weighted by atomic mass is 32.2. The van der Waals surface area contributed by atoms with Crippen molar-refractivity contribution in [2.45, 2.75) is 38.4 Å². The summed E-state index contributed by atoms with van der Waals surface area (Å²) in [7, 11) is 0.200. The Bertz CT molecular complexity index is 561. The fourth-order valence-electron chi connectivity index (χ4n) is 2.02. The molecular weight excluding hydrogens is 265 g/mol. The predicted octanol–water partition coefficient (Wildman–Crippen LogP) is 3.03. The van der Waals surface area contributed by atoms with E-state index in [4.69, 9.17) is 4.74 Å². The largest absolute Gasteiger partial charge is 0.496 e. The lowest BCUT2D eigenvalue weighted by Crippen LogP contribution is -2.20. The Kier molecular flexibility index (Phi) is 3.76. The number of rotatable bonds is 2. The molecule has 0 saturated carbocycles. The van der Waals surface area contributed by atoms with Gasteiger partial charge in [-0.05, 0) is 39.7 Å². The molecule has 0 spiro atoms. The van der Waals surface area contributed by atoms with Crippen LogP contribution in [0.15, 0.2) is 16.5 Å². The molecule has 0 aliphatic heterocycles. The second-order valence-electron chi connectivity index (χ2n) is 5.53. The first-order chi connectivity index (χ1) is 8.82. The zero-order valence-corrected chi connectivity index (χ0v) is 12.4. The first-order valence-corrected chi connectivity index (χ1v) is 7.30. The number of ether oxygens (including phenoxy) is 1. The molecule has 0 fully saturated rings. The highest BCUT2D eigenvalue weighted by Crippen LogP contribution is 2.32. The van der Waals surface area contributed by atoms with Gasteiger partial charge in [-0.3, -0.25) is 0 Å². The van der Waals surface area contributed by atoms with E-state index in [-0.39, 0.29) is 5.82 Å². The van der Waals surface area contributed by atoms with Crippen LogP contribution in [0.1, 0.15) is 38.3 Å². The average molecular weight is 283 g/mol. The van der Waals surface area contributed by atoms with Crippen molar-refractivity contribution in [2.75, 3.05) is 7.11 Å². The number of hydrogen-bond acceptors (Lipinski definition) is 2. The lowest BCUT2D eigenvalue weighted by Gasteiger charge is -2.14.